The number of para-hydroxylation sites is 1. The zero-order chi connectivity index (χ0) is 30.3. The first kappa shape index (κ1) is 30.7. The standard InChI is InChI=1S/C33H42N8OS/c1-22(2)40-13-15-41(16-14-40)31-10-9-24(18-37-31)29-17-30(39-21-38-29)36-19-25(20-43-5)23(3)26-7-6-8-27-28(33(42)34-4)11-12-35-32(26)27/h6-12,17-18,21-23,25H,13-16,19-20H2,1-5H3,(H,34,42)(H,36,38,39). The second kappa shape index (κ2) is 14.1. The second-order valence-corrected chi connectivity index (χ2v) is 12.3. The van der Waals surface area contributed by atoms with Crippen LogP contribution in [0.2, 0.25) is 0 Å². The summed E-state index contributed by atoms with van der Waals surface area (Å²) in [5.41, 5.74) is 4.48. The van der Waals surface area contributed by atoms with Crippen LogP contribution in [0.4, 0.5) is 11.6 Å². The van der Waals surface area contributed by atoms with E-state index >= 15 is 0 Å². The lowest BCUT2D eigenvalue weighted by Gasteiger charge is -2.37. The summed E-state index contributed by atoms with van der Waals surface area (Å²) in [6, 6.07) is 14.7. The highest BCUT2D eigenvalue weighted by molar-refractivity contribution is 7.98. The van der Waals surface area contributed by atoms with Gasteiger partial charge in [-0.2, -0.15) is 11.8 Å². The summed E-state index contributed by atoms with van der Waals surface area (Å²) in [5, 5.41) is 7.19. The first-order chi connectivity index (χ1) is 20.9. The van der Waals surface area contributed by atoms with Crippen molar-refractivity contribution < 1.29 is 4.79 Å². The maximum absolute atomic E-state index is 12.5. The van der Waals surface area contributed by atoms with Crippen LogP contribution in [-0.4, -0.2) is 88.6 Å². The van der Waals surface area contributed by atoms with Gasteiger partial charge in [0.05, 0.1) is 16.8 Å². The molecule has 1 aliphatic rings. The van der Waals surface area contributed by atoms with Gasteiger partial charge in [-0.15, -0.1) is 0 Å². The summed E-state index contributed by atoms with van der Waals surface area (Å²) in [6.07, 6.45) is 7.38. The quantitative estimate of drug-likeness (QED) is 0.242. The highest BCUT2D eigenvalue weighted by Gasteiger charge is 2.23. The smallest absolute Gasteiger partial charge is 0.251 e. The molecule has 3 aromatic heterocycles. The van der Waals surface area contributed by atoms with Gasteiger partial charge in [0, 0.05) is 75.2 Å². The van der Waals surface area contributed by atoms with Gasteiger partial charge in [0.1, 0.15) is 18.0 Å². The van der Waals surface area contributed by atoms with E-state index in [2.05, 4.69) is 75.6 Å². The van der Waals surface area contributed by atoms with Gasteiger partial charge in [-0.1, -0.05) is 25.1 Å². The van der Waals surface area contributed by atoms with Crippen LogP contribution in [0.5, 0.6) is 0 Å². The van der Waals surface area contributed by atoms with E-state index in [1.165, 1.54) is 0 Å². The molecule has 0 aliphatic carbocycles. The maximum atomic E-state index is 12.5. The number of benzene rings is 1. The number of anilines is 2. The molecule has 226 valence electrons. The number of thioether (sulfide) groups is 1. The predicted molar refractivity (Wildman–Crippen MR) is 178 cm³/mol. The molecule has 9 nitrogen and oxygen atoms in total. The summed E-state index contributed by atoms with van der Waals surface area (Å²) in [4.78, 5) is 35.9. The first-order valence-electron chi connectivity index (χ1n) is 15.0. The molecule has 0 spiro atoms. The van der Waals surface area contributed by atoms with Crippen molar-refractivity contribution in [1.29, 1.82) is 0 Å². The fraction of sp³-hybridized carbons (Fsp3) is 0.424. The number of fused-ring (bicyclic) bond motifs is 1. The zero-order valence-electron chi connectivity index (χ0n) is 25.7. The molecule has 43 heavy (non-hydrogen) atoms. The minimum atomic E-state index is -0.103. The van der Waals surface area contributed by atoms with Gasteiger partial charge in [-0.05, 0) is 61.5 Å². The molecule has 2 unspecified atom stereocenters. The van der Waals surface area contributed by atoms with Gasteiger partial charge in [0.25, 0.3) is 5.91 Å². The Morgan fingerprint density at radius 1 is 1.00 bits per heavy atom. The van der Waals surface area contributed by atoms with Crippen molar-refractivity contribution in [2.75, 3.05) is 62.0 Å². The molecule has 4 heterocycles. The molecular formula is C33H42N8OS. The van der Waals surface area contributed by atoms with E-state index in [4.69, 9.17) is 9.97 Å². The Morgan fingerprint density at radius 2 is 1.81 bits per heavy atom. The number of aromatic nitrogens is 4. The van der Waals surface area contributed by atoms with Crippen molar-refractivity contribution in [3.8, 4) is 11.3 Å². The SMILES string of the molecule is CNC(=O)c1ccnc2c(C(C)C(CNc3cc(-c4ccc(N5CCN(C(C)C)CC5)nc4)ncn3)CSC)cccc12. The van der Waals surface area contributed by atoms with E-state index in [0.717, 1.165) is 77.8 Å². The van der Waals surface area contributed by atoms with Crippen LogP contribution in [0.1, 0.15) is 42.6 Å². The van der Waals surface area contributed by atoms with Gasteiger partial charge < -0.3 is 15.5 Å². The van der Waals surface area contributed by atoms with E-state index in [0.29, 0.717) is 17.5 Å². The fourth-order valence-electron chi connectivity index (χ4n) is 5.79. The lowest BCUT2D eigenvalue weighted by molar-refractivity contribution is 0.0964. The highest BCUT2D eigenvalue weighted by Crippen LogP contribution is 2.33. The minimum absolute atomic E-state index is 0.103. The van der Waals surface area contributed by atoms with Gasteiger partial charge in [0.2, 0.25) is 0 Å². The fourth-order valence-corrected chi connectivity index (χ4v) is 6.62. The van der Waals surface area contributed by atoms with E-state index in [1.807, 2.05) is 36.2 Å². The summed E-state index contributed by atoms with van der Waals surface area (Å²) < 4.78 is 0. The highest BCUT2D eigenvalue weighted by atomic mass is 32.2. The summed E-state index contributed by atoms with van der Waals surface area (Å²) in [6.45, 7) is 11.6. The molecule has 1 aromatic carbocycles. The average Bonchev–Trinajstić information content (AvgIpc) is 3.05. The predicted octanol–water partition coefficient (Wildman–Crippen LogP) is 5.17. The van der Waals surface area contributed by atoms with Crippen LogP contribution >= 0.6 is 11.8 Å². The number of amides is 1. The normalized spacial score (nSPS) is 15.4. The third-order valence-electron chi connectivity index (χ3n) is 8.48. The Bertz CT molecular complexity index is 1520. The number of hydrogen-bond acceptors (Lipinski definition) is 9. The van der Waals surface area contributed by atoms with E-state index in [1.54, 1.807) is 25.6 Å². The number of rotatable bonds is 11. The second-order valence-electron chi connectivity index (χ2n) is 11.4. The van der Waals surface area contributed by atoms with Crippen molar-refractivity contribution in [3.05, 3.63) is 72.3 Å². The van der Waals surface area contributed by atoms with E-state index < -0.39 is 0 Å². The Labute approximate surface area is 258 Å². The van der Waals surface area contributed by atoms with Gasteiger partial charge in [0.15, 0.2) is 0 Å². The Hall–Kier alpha value is -3.76. The molecule has 10 heteroatoms. The molecule has 1 aliphatic heterocycles. The molecule has 1 fully saturated rings. The van der Waals surface area contributed by atoms with Crippen LogP contribution in [0, 0.1) is 5.92 Å². The number of hydrogen-bond donors (Lipinski definition) is 2. The Morgan fingerprint density at radius 3 is 2.51 bits per heavy atom. The van der Waals surface area contributed by atoms with Crippen LogP contribution in [0.15, 0.2) is 61.2 Å². The number of piperazine rings is 1. The van der Waals surface area contributed by atoms with Crippen molar-refractivity contribution in [3.63, 3.8) is 0 Å². The number of carbonyl (C=O) groups excluding carboxylic acids is 1. The average molecular weight is 599 g/mol. The van der Waals surface area contributed by atoms with Crippen LogP contribution in [-0.2, 0) is 0 Å². The van der Waals surface area contributed by atoms with Crippen molar-refractivity contribution in [2.24, 2.45) is 5.92 Å². The lowest BCUT2D eigenvalue weighted by Crippen LogP contribution is -2.49. The monoisotopic (exact) mass is 598 g/mol. The number of nitrogens with zero attached hydrogens (tertiary/aromatic N) is 6. The van der Waals surface area contributed by atoms with Crippen LogP contribution < -0.4 is 15.5 Å². The Balaban J connectivity index is 1.28. The molecule has 2 N–H and O–H groups in total. The molecule has 1 amide bonds. The van der Waals surface area contributed by atoms with Crippen molar-refractivity contribution in [2.45, 2.75) is 32.7 Å². The maximum Gasteiger partial charge on any atom is 0.251 e. The zero-order valence-corrected chi connectivity index (χ0v) is 26.6. The van der Waals surface area contributed by atoms with Crippen LogP contribution in [0.3, 0.4) is 0 Å². The van der Waals surface area contributed by atoms with Gasteiger partial charge >= 0.3 is 0 Å². The van der Waals surface area contributed by atoms with Crippen molar-refractivity contribution in [1.82, 2.24) is 30.2 Å². The molecule has 5 rings (SSSR count). The third kappa shape index (κ3) is 7.08. The molecule has 1 saturated heterocycles. The lowest BCUT2D eigenvalue weighted by atomic mass is 9.86. The molecular weight excluding hydrogens is 556 g/mol. The molecule has 0 radical (unpaired) electrons. The minimum Gasteiger partial charge on any atom is -0.370 e. The summed E-state index contributed by atoms with van der Waals surface area (Å²) >= 11 is 1.83. The summed E-state index contributed by atoms with van der Waals surface area (Å²) in [7, 11) is 1.65. The van der Waals surface area contributed by atoms with Gasteiger partial charge in [-0.25, -0.2) is 15.0 Å². The number of carbonyl (C=O) groups is 1. The molecule has 0 bridgehead atoms. The summed E-state index contributed by atoms with van der Waals surface area (Å²) in [5.74, 6) is 3.18. The number of nitrogens with one attached hydrogen (secondary N) is 2. The Kier molecular flexibility index (Phi) is 10.1. The largest absolute Gasteiger partial charge is 0.370 e. The topological polar surface area (TPSA) is 99.2 Å². The molecule has 2 atom stereocenters. The van der Waals surface area contributed by atoms with Crippen LogP contribution in [0.25, 0.3) is 22.2 Å². The van der Waals surface area contributed by atoms with E-state index in [9.17, 15) is 4.79 Å². The first-order valence-corrected chi connectivity index (χ1v) is 16.4. The van der Waals surface area contributed by atoms with Gasteiger partial charge in [-0.3, -0.25) is 14.7 Å². The number of pyridine rings is 2. The molecule has 0 saturated carbocycles. The van der Waals surface area contributed by atoms with Crippen molar-refractivity contribution >= 4 is 40.2 Å². The molecule has 4 aromatic rings. The third-order valence-corrected chi connectivity index (χ3v) is 9.24. The van der Waals surface area contributed by atoms with E-state index in [-0.39, 0.29) is 11.8 Å².